The molecule has 0 atom stereocenters. The highest BCUT2D eigenvalue weighted by molar-refractivity contribution is 7.10. The largest absolute Gasteiger partial charge is 0.493 e. The smallest absolute Gasteiger partial charge is 0.242 e. The third-order valence-electron chi connectivity index (χ3n) is 5.83. The molecule has 1 fully saturated rings. The second-order valence-corrected chi connectivity index (χ2v) is 9.32. The molecule has 2 aromatic rings. The predicted molar refractivity (Wildman–Crippen MR) is 127 cm³/mol. The van der Waals surface area contributed by atoms with Crippen molar-refractivity contribution in [1.29, 1.82) is 0 Å². The maximum atomic E-state index is 13.4. The lowest BCUT2D eigenvalue weighted by atomic mass is 10.1. The normalized spacial score (nSPS) is 13.0. The van der Waals surface area contributed by atoms with Crippen molar-refractivity contribution >= 4 is 23.2 Å². The third kappa shape index (κ3) is 6.25. The topological polar surface area (TPSA) is 59.1 Å². The number of aryl methyl sites for hydroxylation is 1. The van der Waals surface area contributed by atoms with Crippen molar-refractivity contribution in [1.82, 2.24) is 9.80 Å². The fourth-order valence-electron chi connectivity index (χ4n) is 3.72. The Bertz CT molecular complexity index is 922. The molecule has 1 aliphatic rings. The lowest BCUT2D eigenvalue weighted by Crippen LogP contribution is -2.44. The van der Waals surface area contributed by atoms with E-state index < -0.39 is 0 Å². The van der Waals surface area contributed by atoms with Crippen LogP contribution in [0.3, 0.4) is 0 Å². The Balaban J connectivity index is 1.73. The number of nitrogens with zero attached hydrogens (tertiary/aromatic N) is 2. The molecule has 1 saturated carbocycles. The molecule has 6 nitrogen and oxygen atoms in total. The average molecular weight is 459 g/mol. The quantitative estimate of drug-likeness (QED) is 0.476. The molecule has 2 amide bonds. The highest BCUT2D eigenvalue weighted by Gasteiger charge is 2.34. The SMILES string of the molecule is CCCN(CC(=O)N(CCc1ccc(OC)c(OC)c1)Cc1sccc1C)C(=O)C1CC1. The van der Waals surface area contributed by atoms with Crippen LogP contribution in [0.4, 0.5) is 0 Å². The highest BCUT2D eigenvalue weighted by Crippen LogP contribution is 2.31. The van der Waals surface area contributed by atoms with E-state index in [1.165, 1.54) is 10.4 Å². The van der Waals surface area contributed by atoms with Gasteiger partial charge in [0, 0.05) is 23.9 Å². The maximum Gasteiger partial charge on any atom is 0.242 e. The van der Waals surface area contributed by atoms with Gasteiger partial charge in [-0.3, -0.25) is 9.59 Å². The van der Waals surface area contributed by atoms with E-state index in [2.05, 4.69) is 18.4 Å². The van der Waals surface area contributed by atoms with Crippen LogP contribution in [0, 0.1) is 12.8 Å². The van der Waals surface area contributed by atoms with Crippen LogP contribution in [-0.4, -0.2) is 55.5 Å². The van der Waals surface area contributed by atoms with Gasteiger partial charge in [0.1, 0.15) is 0 Å². The van der Waals surface area contributed by atoms with Gasteiger partial charge in [-0.05, 0) is 67.3 Å². The number of ether oxygens (including phenoxy) is 2. The van der Waals surface area contributed by atoms with Gasteiger partial charge in [-0.25, -0.2) is 0 Å². The predicted octanol–water partition coefficient (Wildman–Crippen LogP) is 4.29. The van der Waals surface area contributed by atoms with Gasteiger partial charge in [0.15, 0.2) is 11.5 Å². The highest BCUT2D eigenvalue weighted by atomic mass is 32.1. The summed E-state index contributed by atoms with van der Waals surface area (Å²) in [5.74, 6) is 1.62. The van der Waals surface area contributed by atoms with Gasteiger partial charge in [0.25, 0.3) is 0 Å². The van der Waals surface area contributed by atoms with Crippen molar-refractivity contribution in [2.24, 2.45) is 5.92 Å². The van der Waals surface area contributed by atoms with Gasteiger partial charge in [0.2, 0.25) is 11.8 Å². The summed E-state index contributed by atoms with van der Waals surface area (Å²) in [7, 11) is 3.24. The van der Waals surface area contributed by atoms with E-state index in [0.29, 0.717) is 37.6 Å². The summed E-state index contributed by atoms with van der Waals surface area (Å²) in [6.45, 7) is 6.03. The summed E-state index contributed by atoms with van der Waals surface area (Å²) >= 11 is 1.67. The first-order valence-electron chi connectivity index (χ1n) is 11.3. The van der Waals surface area contributed by atoms with Crippen molar-refractivity contribution in [3.8, 4) is 11.5 Å². The van der Waals surface area contributed by atoms with Crippen LogP contribution < -0.4 is 9.47 Å². The van der Waals surface area contributed by atoms with E-state index in [1.807, 2.05) is 30.0 Å². The Morgan fingerprint density at radius 1 is 1.06 bits per heavy atom. The van der Waals surface area contributed by atoms with Crippen LogP contribution in [-0.2, 0) is 22.6 Å². The fourth-order valence-corrected chi connectivity index (χ4v) is 4.64. The van der Waals surface area contributed by atoms with Crippen molar-refractivity contribution in [3.05, 3.63) is 45.6 Å². The molecule has 7 heteroatoms. The first kappa shape index (κ1) is 24.1. The molecule has 1 aliphatic carbocycles. The lowest BCUT2D eigenvalue weighted by molar-refractivity contribution is -0.141. The molecule has 1 aromatic heterocycles. The number of amides is 2. The van der Waals surface area contributed by atoms with Gasteiger partial charge in [-0.15, -0.1) is 11.3 Å². The summed E-state index contributed by atoms with van der Waals surface area (Å²) in [6, 6.07) is 7.93. The van der Waals surface area contributed by atoms with E-state index in [9.17, 15) is 9.59 Å². The average Bonchev–Trinajstić information content (AvgIpc) is 3.57. The summed E-state index contributed by atoms with van der Waals surface area (Å²) in [5.41, 5.74) is 2.27. The van der Waals surface area contributed by atoms with Crippen LogP contribution in [0.2, 0.25) is 0 Å². The van der Waals surface area contributed by atoms with Crippen molar-refractivity contribution in [2.45, 2.75) is 46.1 Å². The Morgan fingerprint density at radius 2 is 1.81 bits per heavy atom. The standard InChI is InChI=1S/C25H34N2O4S/c1-5-12-27(25(29)20-7-8-20)17-24(28)26(16-23-18(2)11-14-32-23)13-10-19-6-9-21(30-3)22(15-19)31-4/h6,9,11,14-15,20H,5,7-8,10,12-13,16-17H2,1-4H3. The zero-order valence-electron chi connectivity index (χ0n) is 19.6. The Labute approximate surface area is 195 Å². The molecule has 0 saturated heterocycles. The minimum atomic E-state index is 0.000673. The number of methoxy groups -OCH3 is 2. The van der Waals surface area contributed by atoms with Gasteiger partial charge in [0.05, 0.1) is 27.3 Å². The number of thiophene rings is 1. The number of benzene rings is 1. The van der Waals surface area contributed by atoms with Crippen LogP contribution in [0.1, 0.15) is 42.2 Å². The van der Waals surface area contributed by atoms with E-state index in [1.54, 1.807) is 30.5 Å². The number of carbonyl (C=O) groups is 2. The molecular formula is C25H34N2O4S. The van der Waals surface area contributed by atoms with Crippen LogP contribution in [0.15, 0.2) is 29.6 Å². The molecule has 0 bridgehead atoms. The van der Waals surface area contributed by atoms with Crippen molar-refractivity contribution in [2.75, 3.05) is 33.9 Å². The lowest BCUT2D eigenvalue weighted by Gasteiger charge is -2.28. The zero-order chi connectivity index (χ0) is 23.1. The molecule has 0 spiro atoms. The second-order valence-electron chi connectivity index (χ2n) is 8.32. The number of hydrogen-bond acceptors (Lipinski definition) is 5. The Hall–Kier alpha value is -2.54. The molecule has 1 aromatic carbocycles. The van der Waals surface area contributed by atoms with Crippen LogP contribution >= 0.6 is 11.3 Å². The van der Waals surface area contributed by atoms with Gasteiger partial charge < -0.3 is 19.3 Å². The number of carbonyl (C=O) groups excluding carboxylic acids is 2. The van der Waals surface area contributed by atoms with Gasteiger partial charge >= 0.3 is 0 Å². The molecule has 3 rings (SSSR count). The minimum absolute atomic E-state index is 0.000673. The van der Waals surface area contributed by atoms with Crippen molar-refractivity contribution < 1.29 is 19.1 Å². The Morgan fingerprint density at radius 3 is 2.41 bits per heavy atom. The van der Waals surface area contributed by atoms with E-state index in [0.717, 1.165) is 24.8 Å². The van der Waals surface area contributed by atoms with Gasteiger partial charge in [-0.1, -0.05) is 13.0 Å². The molecule has 32 heavy (non-hydrogen) atoms. The fraction of sp³-hybridized carbons (Fsp3) is 0.520. The molecule has 0 unspecified atom stereocenters. The first-order valence-corrected chi connectivity index (χ1v) is 12.1. The molecular weight excluding hydrogens is 424 g/mol. The van der Waals surface area contributed by atoms with E-state index in [-0.39, 0.29) is 24.3 Å². The third-order valence-corrected chi connectivity index (χ3v) is 6.84. The Kier molecular flexibility index (Phi) is 8.56. The molecule has 1 heterocycles. The minimum Gasteiger partial charge on any atom is -0.493 e. The molecule has 0 N–H and O–H groups in total. The maximum absolute atomic E-state index is 13.4. The number of rotatable bonds is 12. The number of hydrogen-bond donors (Lipinski definition) is 0. The first-order chi connectivity index (χ1) is 15.5. The zero-order valence-corrected chi connectivity index (χ0v) is 20.4. The molecule has 174 valence electrons. The van der Waals surface area contributed by atoms with Gasteiger partial charge in [-0.2, -0.15) is 0 Å². The van der Waals surface area contributed by atoms with Crippen molar-refractivity contribution in [3.63, 3.8) is 0 Å². The van der Waals surface area contributed by atoms with E-state index >= 15 is 0 Å². The molecule has 0 radical (unpaired) electrons. The summed E-state index contributed by atoms with van der Waals surface area (Å²) in [5, 5.41) is 2.06. The summed E-state index contributed by atoms with van der Waals surface area (Å²) in [4.78, 5) is 30.8. The van der Waals surface area contributed by atoms with Crippen LogP contribution in [0.5, 0.6) is 11.5 Å². The van der Waals surface area contributed by atoms with Crippen LogP contribution in [0.25, 0.3) is 0 Å². The summed E-state index contributed by atoms with van der Waals surface area (Å²) < 4.78 is 10.7. The monoisotopic (exact) mass is 458 g/mol. The molecule has 0 aliphatic heterocycles. The second kappa shape index (κ2) is 11.4. The van der Waals surface area contributed by atoms with E-state index in [4.69, 9.17) is 9.47 Å². The summed E-state index contributed by atoms with van der Waals surface area (Å²) in [6.07, 6.45) is 3.44.